The molecule has 0 radical (unpaired) electrons. The molecule has 6 nitrogen and oxygen atoms in total. The van der Waals surface area contributed by atoms with Crippen molar-refractivity contribution in [1.82, 2.24) is 19.2 Å². The third-order valence-electron chi connectivity index (χ3n) is 4.01. The van der Waals surface area contributed by atoms with Gasteiger partial charge in [0.15, 0.2) is 5.82 Å². The first-order chi connectivity index (χ1) is 11.2. The molecule has 0 aliphatic carbocycles. The molecule has 114 valence electrons. The molecular formula is C17H14N4O2. The maximum Gasteiger partial charge on any atom is 0.335 e. The van der Waals surface area contributed by atoms with E-state index in [9.17, 15) is 4.79 Å². The molecule has 1 N–H and O–H groups in total. The Bertz CT molecular complexity index is 1030. The summed E-state index contributed by atoms with van der Waals surface area (Å²) in [5, 5.41) is 17.6. The predicted molar refractivity (Wildman–Crippen MR) is 86.6 cm³/mol. The summed E-state index contributed by atoms with van der Waals surface area (Å²) in [5.41, 5.74) is 3.22. The summed E-state index contributed by atoms with van der Waals surface area (Å²) in [6.07, 6.45) is 0. The second-order valence-electron chi connectivity index (χ2n) is 5.27. The van der Waals surface area contributed by atoms with Crippen molar-refractivity contribution in [2.75, 3.05) is 0 Å². The number of rotatable bonds is 3. The second kappa shape index (κ2) is 4.95. The fourth-order valence-electron chi connectivity index (χ4n) is 2.92. The number of hydrogen-bond donors (Lipinski definition) is 1. The molecule has 0 saturated carbocycles. The average molecular weight is 306 g/mol. The number of carboxylic acids is 1. The van der Waals surface area contributed by atoms with Crippen LogP contribution in [0.5, 0.6) is 0 Å². The van der Waals surface area contributed by atoms with Gasteiger partial charge in [0, 0.05) is 12.1 Å². The number of fused-ring (bicyclic) bond motifs is 3. The summed E-state index contributed by atoms with van der Waals surface area (Å²) in [7, 11) is 0. The van der Waals surface area contributed by atoms with E-state index in [-0.39, 0.29) is 5.56 Å². The predicted octanol–water partition coefficient (Wildman–Crippen LogP) is 3.07. The van der Waals surface area contributed by atoms with Gasteiger partial charge in [-0.15, -0.1) is 10.2 Å². The van der Waals surface area contributed by atoms with Gasteiger partial charge in [-0.3, -0.25) is 4.40 Å². The molecule has 2 aromatic heterocycles. The molecule has 2 aromatic carbocycles. The van der Waals surface area contributed by atoms with E-state index in [1.54, 1.807) is 24.3 Å². The Morgan fingerprint density at radius 1 is 1.04 bits per heavy atom. The highest BCUT2D eigenvalue weighted by Crippen LogP contribution is 2.26. The number of para-hydroxylation sites is 2. The number of benzene rings is 2. The lowest BCUT2D eigenvalue weighted by atomic mass is 10.1. The second-order valence-corrected chi connectivity index (χ2v) is 5.27. The highest BCUT2D eigenvalue weighted by molar-refractivity contribution is 5.88. The van der Waals surface area contributed by atoms with Crippen LogP contribution in [0, 0.1) is 0 Å². The van der Waals surface area contributed by atoms with Crippen LogP contribution in [-0.4, -0.2) is 30.2 Å². The van der Waals surface area contributed by atoms with E-state index in [1.807, 2.05) is 22.6 Å². The Balaban J connectivity index is 1.99. The first kappa shape index (κ1) is 13.5. The molecule has 2 heterocycles. The van der Waals surface area contributed by atoms with Crippen molar-refractivity contribution >= 4 is 22.8 Å². The molecule has 6 heteroatoms. The van der Waals surface area contributed by atoms with Crippen LogP contribution in [-0.2, 0) is 6.54 Å². The summed E-state index contributed by atoms with van der Waals surface area (Å²) >= 11 is 0. The minimum absolute atomic E-state index is 0.255. The molecule has 0 atom stereocenters. The zero-order chi connectivity index (χ0) is 16.0. The topological polar surface area (TPSA) is 72.4 Å². The van der Waals surface area contributed by atoms with Crippen LogP contribution in [0.15, 0.2) is 48.5 Å². The van der Waals surface area contributed by atoms with Crippen molar-refractivity contribution in [2.45, 2.75) is 13.5 Å². The molecule has 4 aromatic rings. The summed E-state index contributed by atoms with van der Waals surface area (Å²) < 4.78 is 4.12. The Kier molecular flexibility index (Phi) is 2.90. The number of aromatic carboxylic acids is 1. The molecule has 0 aliphatic heterocycles. The van der Waals surface area contributed by atoms with Crippen molar-refractivity contribution < 1.29 is 9.90 Å². The standard InChI is InChI=1S/C17H14N4O2/c1-2-20-13-5-3-4-6-14(13)21-15(18-19-17(20)21)11-7-9-12(10-8-11)16(22)23/h3-10H,2H2,1H3,(H,22,23). The molecule has 0 aliphatic rings. The number of carbonyl (C=O) groups is 1. The van der Waals surface area contributed by atoms with E-state index in [2.05, 4.69) is 27.8 Å². The van der Waals surface area contributed by atoms with Crippen molar-refractivity contribution in [3.05, 3.63) is 54.1 Å². The normalized spacial score (nSPS) is 11.3. The van der Waals surface area contributed by atoms with E-state index >= 15 is 0 Å². The van der Waals surface area contributed by atoms with E-state index in [4.69, 9.17) is 5.11 Å². The van der Waals surface area contributed by atoms with Crippen LogP contribution in [0.25, 0.3) is 28.2 Å². The lowest BCUT2D eigenvalue weighted by Crippen LogP contribution is -1.96. The lowest BCUT2D eigenvalue weighted by Gasteiger charge is -2.00. The van der Waals surface area contributed by atoms with Crippen molar-refractivity contribution in [3.8, 4) is 11.4 Å². The van der Waals surface area contributed by atoms with Crippen molar-refractivity contribution in [1.29, 1.82) is 0 Å². The van der Waals surface area contributed by atoms with Gasteiger partial charge in [-0.05, 0) is 31.2 Å². The zero-order valence-electron chi connectivity index (χ0n) is 12.5. The number of imidazole rings is 1. The van der Waals surface area contributed by atoms with Gasteiger partial charge in [-0.2, -0.15) is 0 Å². The number of aromatic nitrogens is 4. The van der Waals surface area contributed by atoms with Gasteiger partial charge < -0.3 is 9.67 Å². The molecule has 0 bridgehead atoms. The van der Waals surface area contributed by atoms with Gasteiger partial charge in [-0.1, -0.05) is 24.3 Å². The van der Waals surface area contributed by atoms with Gasteiger partial charge in [0.25, 0.3) is 0 Å². The third kappa shape index (κ3) is 1.92. The molecule has 0 saturated heterocycles. The summed E-state index contributed by atoms with van der Waals surface area (Å²) in [6.45, 7) is 2.87. The summed E-state index contributed by atoms with van der Waals surface area (Å²) in [6, 6.07) is 14.8. The zero-order valence-corrected chi connectivity index (χ0v) is 12.5. The third-order valence-corrected chi connectivity index (χ3v) is 4.01. The molecular weight excluding hydrogens is 292 g/mol. The van der Waals surface area contributed by atoms with Crippen LogP contribution >= 0.6 is 0 Å². The molecule has 4 rings (SSSR count). The quantitative estimate of drug-likeness (QED) is 0.631. The maximum absolute atomic E-state index is 11.0. The van der Waals surface area contributed by atoms with E-state index in [0.717, 1.165) is 28.9 Å². The van der Waals surface area contributed by atoms with Gasteiger partial charge in [-0.25, -0.2) is 4.79 Å². The molecule has 0 spiro atoms. The van der Waals surface area contributed by atoms with Gasteiger partial charge in [0.2, 0.25) is 5.78 Å². The SMILES string of the molecule is CCn1c2ccccc2n2c(-c3ccc(C(=O)O)cc3)nnc12. The fourth-order valence-corrected chi connectivity index (χ4v) is 2.92. The number of nitrogens with zero attached hydrogens (tertiary/aromatic N) is 4. The highest BCUT2D eigenvalue weighted by Gasteiger charge is 2.17. The summed E-state index contributed by atoms with van der Waals surface area (Å²) in [5.74, 6) is 0.553. The van der Waals surface area contributed by atoms with E-state index < -0.39 is 5.97 Å². The average Bonchev–Trinajstić information content (AvgIpc) is 3.13. The van der Waals surface area contributed by atoms with Gasteiger partial charge >= 0.3 is 5.97 Å². The van der Waals surface area contributed by atoms with Crippen molar-refractivity contribution in [3.63, 3.8) is 0 Å². The Hall–Kier alpha value is -3.15. The highest BCUT2D eigenvalue weighted by atomic mass is 16.4. The van der Waals surface area contributed by atoms with Crippen LogP contribution in [0.3, 0.4) is 0 Å². The van der Waals surface area contributed by atoms with E-state index in [0.29, 0.717) is 5.82 Å². The maximum atomic E-state index is 11.0. The number of hydrogen-bond acceptors (Lipinski definition) is 3. The molecule has 0 unspecified atom stereocenters. The fraction of sp³-hybridized carbons (Fsp3) is 0.118. The monoisotopic (exact) mass is 306 g/mol. The van der Waals surface area contributed by atoms with Crippen LogP contribution in [0.2, 0.25) is 0 Å². The molecule has 0 amide bonds. The first-order valence-corrected chi connectivity index (χ1v) is 7.37. The Morgan fingerprint density at radius 2 is 1.74 bits per heavy atom. The van der Waals surface area contributed by atoms with Gasteiger partial charge in [0.05, 0.1) is 16.6 Å². The Morgan fingerprint density at radius 3 is 2.39 bits per heavy atom. The summed E-state index contributed by atoms with van der Waals surface area (Å²) in [4.78, 5) is 11.0. The van der Waals surface area contributed by atoms with E-state index in [1.165, 1.54) is 0 Å². The minimum atomic E-state index is -0.939. The Labute approximate surface area is 131 Å². The lowest BCUT2D eigenvalue weighted by molar-refractivity contribution is 0.0697. The molecule has 23 heavy (non-hydrogen) atoms. The van der Waals surface area contributed by atoms with Crippen LogP contribution in [0.1, 0.15) is 17.3 Å². The van der Waals surface area contributed by atoms with Crippen LogP contribution in [0.4, 0.5) is 0 Å². The first-order valence-electron chi connectivity index (χ1n) is 7.37. The molecule has 0 fully saturated rings. The number of carboxylic acid groups (broad SMARTS) is 1. The minimum Gasteiger partial charge on any atom is -0.478 e. The largest absolute Gasteiger partial charge is 0.478 e. The number of aryl methyl sites for hydroxylation is 1. The van der Waals surface area contributed by atoms with Crippen molar-refractivity contribution in [2.24, 2.45) is 0 Å². The van der Waals surface area contributed by atoms with Gasteiger partial charge in [0.1, 0.15) is 0 Å². The van der Waals surface area contributed by atoms with Crippen LogP contribution < -0.4 is 0 Å². The smallest absolute Gasteiger partial charge is 0.335 e.